The van der Waals surface area contributed by atoms with Crippen LogP contribution in [-0.4, -0.2) is 40.4 Å². The van der Waals surface area contributed by atoms with E-state index in [0.717, 1.165) is 49.1 Å². The molecule has 4 aromatic rings. The zero-order valence-corrected chi connectivity index (χ0v) is 17.2. The van der Waals surface area contributed by atoms with Gasteiger partial charge in [0.1, 0.15) is 12.1 Å². The molecule has 1 aliphatic rings. The van der Waals surface area contributed by atoms with E-state index in [0.29, 0.717) is 11.4 Å². The monoisotopic (exact) mass is 412 g/mol. The van der Waals surface area contributed by atoms with Crippen LogP contribution in [0.15, 0.2) is 77.7 Å². The maximum absolute atomic E-state index is 12.3. The van der Waals surface area contributed by atoms with Crippen molar-refractivity contribution >= 4 is 28.3 Å². The summed E-state index contributed by atoms with van der Waals surface area (Å²) in [6.07, 6.45) is 9.27. The highest BCUT2D eigenvalue weighted by molar-refractivity contribution is 6.04. The number of carbonyl (C=O) groups excluding carboxylic acids is 1. The van der Waals surface area contributed by atoms with Gasteiger partial charge in [-0.3, -0.25) is 9.69 Å². The molecule has 0 atom stereocenters. The molecule has 6 heteroatoms. The largest absolute Gasteiger partial charge is 0.472 e. The summed E-state index contributed by atoms with van der Waals surface area (Å²) >= 11 is 0. The van der Waals surface area contributed by atoms with Crippen molar-refractivity contribution in [3.05, 3.63) is 90.0 Å². The molecule has 0 unspecified atom stereocenters. The van der Waals surface area contributed by atoms with E-state index >= 15 is 0 Å². The first kappa shape index (κ1) is 19.3. The van der Waals surface area contributed by atoms with Crippen LogP contribution in [0.25, 0.3) is 16.6 Å². The summed E-state index contributed by atoms with van der Waals surface area (Å²) < 4.78 is 4.98. The summed E-state index contributed by atoms with van der Waals surface area (Å²) in [4.78, 5) is 22.8. The van der Waals surface area contributed by atoms with Crippen LogP contribution in [0.3, 0.4) is 0 Å². The molecule has 2 N–H and O–H groups in total. The molecule has 1 amide bonds. The molecular weight excluding hydrogens is 388 g/mol. The van der Waals surface area contributed by atoms with Crippen molar-refractivity contribution < 1.29 is 9.21 Å². The number of rotatable bonds is 6. The highest BCUT2D eigenvalue weighted by Gasteiger charge is 2.17. The molecule has 5 rings (SSSR count). The van der Waals surface area contributed by atoms with Crippen molar-refractivity contribution in [2.75, 3.05) is 25.0 Å². The van der Waals surface area contributed by atoms with Crippen LogP contribution in [0.4, 0.5) is 5.82 Å². The first-order valence-electron chi connectivity index (χ1n) is 10.5. The van der Waals surface area contributed by atoms with Crippen molar-refractivity contribution in [1.29, 1.82) is 0 Å². The number of H-pyrrole nitrogens is 1. The van der Waals surface area contributed by atoms with Gasteiger partial charge < -0.3 is 14.7 Å². The second-order valence-electron chi connectivity index (χ2n) is 7.78. The highest BCUT2D eigenvalue weighted by atomic mass is 16.3. The third-order valence-electron chi connectivity index (χ3n) is 5.75. The Balaban J connectivity index is 1.28. The smallest absolute Gasteiger partial charge is 0.260 e. The molecule has 0 saturated carbocycles. The molecule has 0 spiro atoms. The number of fused-ring (bicyclic) bond motifs is 1. The van der Waals surface area contributed by atoms with Gasteiger partial charge in [0.05, 0.1) is 22.9 Å². The lowest BCUT2D eigenvalue weighted by molar-refractivity contribution is 0.102. The van der Waals surface area contributed by atoms with Crippen LogP contribution < -0.4 is 5.32 Å². The minimum Gasteiger partial charge on any atom is -0.472 e. The van der Waals surface area contributed by atoms with Gasteiger partial charge in [0.15, 0.2) is 0 Å². The number of nitrogens with zero attached hydrogens (tertiary/aromatic N) is 2. The molecule has 1 aromatic carbocycles. The molecule has 156 valence electrons. The standard InChI is InChI=1S/C25H24N4O2/c30-25(20-11-15-31-17-20)28-23-7-6-22-24(27-23)21(16-26-22)19-9-13-29(14-10-19)12-8-18-4-2-1-3-5-18/h1-7,9,11,15-17,26H,8,10,12-14H2,(H,27,28,30). The van der Waals surface area contributed by atoms with Gasteiger partial charge >= 0.3 is 0 Å². The highest BCUT2D eigenvalue weighted by Crippen LogP contribution is 2.29. The molecule has 3 aromatic heterocycles. The van der Waals surface area contributed by atoms with E-state index in [1.807, 2.05) is 12.3 Å². The zero-order chi connectivity index (χ0) is 21.0. The summed E-state index contributed by atoms with van der Waals surface area (Å²) in [5.41, 5.74) is 6.10. The Morgan fingerprint density at radius 3 is 2.84 bits per heavy atom. The number of anilines is 1. The second-order valence-corrected chi connectivity index (χ2v) is 7.78. The lowest BCUT2D eigenvalue weighted by atomic mass is 10.0. The van der Waals surface area contributed by atoms with Gasteiger partial charge in [-0.25, -0.2) is 4.98 Å². The van der Waals surface area contributed by atoms with Gasteiger partial charge in [0.2, 0.25) is 0 Å². The van der Waals surface area contributed by atoms with E-state index in [4.69, 9.17) is 9.40 Å². The number of nitrogens with one attached hydrogen (secondary N) is 2. The summed E-state index contributed by atoms with van der Waals surface area (Å²) in [6.45, 7) is 3.03. The maximum Gasteiger partial charge on any atom is 0.260 e. The van der Waals surface area contributed by atoms with E-state index in [2.05, 4.69) is 51.6 Å². The fourth-order valence-electron chi connectivity index (χ4n) is 3.99. The minimum atomic E-state index is -0.233. The van der Waals surface area contributed by atoms with Crippen molar-refractivity contribution in [2.24, 2.45) is 0 Å². The average Bonchev–Trinajstić information content (AvgIpc) is 3.49. The van der Waals surface area contributed by atoms with E-state index in [1.54, 1.807) is 12.1 Å². The van der Waals surface area contributed by atoms with E-state index in [9.17, 15) is 4.79 Å². The number of furan rings is 1. The van der Waals surface area contributed by atoms with Gasteiger partial charge in [-0.2, -0.15) is 0 Å². The molecule has 0 radical (unpaired) electrons. The third kappa shape index (κ3) is 4.29. The topological polar surface area (TPSA) is 74.2 Å². The summed E-state index contributed by atoms with van der Waals surface area (Å²) in [5, 5.41) is 2.84. The van der Waals surface area contributed by atoms with Crippen LogP contribution >= 0.6 is 0 Å². The van der Waals surface area contributed by atoms with Crippen LogP contribution in [0, 0.1) is 0 Å². The van der Waals surface area contributed by atoms with Crippen LogP contribution in [-0.2, 0) is 6.42 Å². The molecule has 0 bridgehead atoms. The van der Waals surface area contributed by atoms with E-state index in [-0.39, 0.29) is 5.91 Å². The SMILES string of the molecule is O=C(Nc1ccc2[nH]cc(C3=CCN(CCc4ccccc4)CC3)c2n1)c1ccoc1. The van der Waals surface area contributed by atoms with Gasteiger partial charge in [-0.15, -0.1) is 0 Å². The Kier molecular flexibility index (Phi) is 5.37. The predicted molar refractivity (Wildman–Crippen MR) is 122 cm³/mol. The number of pyridine rings is 1. The minimum absolute atomic E-state index is 0.233. The Labute approximate surface area is 180 Å². The van der Waals surface area contributed by atoms with Crippen molar-refractivity contribution in [2.45, 2.75) is 12.8 Å². The van der Waals surface area contributed by atoms with Gasteiger partial charge in [-0.1, -0.05) is 36.4 Å². The van der Waals surface area contributed by atoms with Gasteiger partial charge in [0, 0.05) is 31.4 Å². The van der Waals surface area contributed by atoms with Gasteiger partial charge in [0.25, 0.3) is 5.91 Å². The van der Waals surface area contributed by atoms with Gasteiger partial charge in [-0.05, 0) is 42.2 Å². The Hall–Kier alpha value is -3.64. The molecule has 6 nitrogen and oxygen atoms in total. The van der Waals surface area contributed by atoms with Crippen LogP contribution in [0.5, 0.6) is 0 Å². The van der Waals surface area contributed by atoms with Crippen molar-refractivity contribution in [3.63, 3.8) is 0 Å². The van der Waals surface area contributed by atoms with E-state index < -0.39 is 0 Å². The molecule has 4 heterocycles. The predicted octanol–water partition coefficient (Wildman–Crippen LogP) is 4.74. The average molecular weight is 412 g/mol. The lowest BCUT2D eigenvalue weighted by Gasteiger charge is -2.26. The van der Waals surface area contributed by atoms with Crippen molar-refractivity contribution in [3.8, 4) is 0 Å². The first-order chi connectivity index (χ1) is 15.3. The maximum atomic E-state index is 12.3. The number of carbonyl (C=O) groups is 1. The lowest BCUT2D eigenvalue weighted by Crippen LogP contribution is -2.30. The first-order valence-corrected chi connectivity index (χ1v) is 10.5. The number of hydrogen-bond acceptors (Lipinski definition) is 4. The second kappa shape index (κ2) is 8.62. The molecule has 0 fully saturated rings. The quantitative estimate of drug-likeness (QED) is 0.480. The molecule has 0 saturated heterocycles. The summed E-state index contributed by atoms with van der Waals surface area (Å²) in [5.74, 6) is 0.295. The number of aromatic amines is 1. The molecule has 0 aliphatic carbocycles. The number of hydrogen-bond donors (Lipinski definition) is 2. The Bertz CT molecular complexity index is 1210. The number of amides is 1. The number of aromatic nitrogens is 2. The van der Waals surface area contributed by atoms with Crippen LogP contribution in [0.1, 0.15) is 27.9 Å². The molecular formula is C25H24N4O2. The summed E-state index contributed by atoms with van der Waals surface area (Å²) in [7, 11) is 0. The fourth-order valence-corrected chi connectivity index (χ4v) is 3.99. The van der Waals surface area contributed by atoms with Crippen molar-refractivity contribution in [1.82, 2.24) is 14.9 Å². The normalized spacial score (nSPS) is 14.5. The summed E-state index contributed by atoms with van der Waals surface area (Å²) in [6, 6.07) is 16.0. The third-order valence-corrected chi connectivity index (χ3v) is 5.75. The Morgan fingerprint density at radius 2 is 2.06 bits per heavy atom. The molecule has 31 heavy (non-hydrogen) atoms. The zero-order valence-electron chi connectivity index (χ0n) is 17.2. The van der Waals surface area contributed by atoms with Crippen LogP contribution in [0.2, 0.25) is 0 Å². The number of benzene rings is 1. The Morgan fingerprint density at radius 1 is 1.16 bits per heavy atom. The fraction of sp³-hybridized carbons (Fsp3) is 0.200. The molecule has 1 aliphatic heterocycles. The van der Waals surface area contributed by atoms with E-state index in [1.165, 1.54) is 23.7 Å².